The van der Waals surface area contributed by atoms with E-state index in [2.05, 4.69) is 20.2 Å². The molecule has 52 heavy (non-hydrogen) atoms. The van der Waals surface area contributed by atoms with E-state index in [0.717, 1.165) is 16.7 Å². The Bertz CT molecular complexity index is 2600. The number of phenolic OH excluding ortho intramolecular Hbond substituents is 1. The van der Waals surface area contributed by atoms with Gasteiger partial charge in [0.1, 0.15) is 22.7 Å². The standard InChI is InChI=1S/C37H43N11O4/c1-9-47-29(16-23(5)41-47)34(51)39-36-44(8)28-18-25(33(38)50)14-15-26(28)45(36)19-21(3)22(4)20-46-32-27(12-11-13-31(32)49)43(7)37(46)40-35(52)30-17-24(6)42-48(30)10-2/h11-18,49H,9-10,19-20H2,1-8H3,(H2,38,50)/b22-21+,39-36+,40-37+. The van der Waals surface area contributed by atoms with Gasteiger partial charge >= 0.3 is 0 Å². The van der Waals surface area contributed by atoms with Crippen molar-refractivity contribution in [3.63, 3.8) is 0 Å². The lowest BCUT2D eigenvalue weighted by Gasteiger charge is -2.13. The van der Waals surface area contributed by atoms with Crippen molar-refractivity contribution in [1.82, 2.24) is 37.8 Å². The molecule has 0 fully saturated rings. The molecule has 2 aromatic carbocycles. The molecule has 0 spiro atoms. The molecule has 3 N–H and O–H groups in total. The fourth-order valence-electron chi connectivity index (χ4n) is 6.56. The second kappa shape index (κ2) is 13.8. The van der Waals surface area contributed by atoms with E-state index in [1.807, 2.05) is 63.8 Å². The van der Waals surface area contributed by atoms with Crippen LogP contribution >= 0.6 is 0 Å². The van der Waals surface area contributed by atoms with E-state index in [1.54, 1.807) is 68.0 Å². The molecule has 0 aliphatic carbocycles. The molecule has 3 amide bonds. The summed E-state index contributed by atoms with van der Waals surface area (Å²) in [4.78, 5) is 48.5. The first-order chi connectivity index (χ1) is 24.7. The Morgan fingerprint density at radius 2 is 1.25 bits per heavy atom. The summed E-state index contributed by atoms with van der Waals surface area (Å²) in [6, 6.07) is 13.8. The van der Waals surface area contributed by atoms with Gasteiger partial charge in [0.25, 0.3) is 11.8 Å². The molecule has 270 valence electrons. The second-order valence-electron chi connectivity index (χ2n) is 13.0. The molecule has 0 saturated carbocycles. The minimum Gasteiger partial charge on any atom is -0.506 e. The van der Waals surface area contributed by atoms with E-state index in [4.69, 9.17) is 5.73 Å². The number of fused-ring (bicyclic) bond motifs is 2. The van der Waals surface area contributed by atoms with Crippen LogP contribution in [0.5, 0.6) is 5.75 Å². The van der Waals surface area contributed by atoms with Gasteiger partial charge in [-0.3, -0.25) is 23.7 Å². The Labute approximate surface area is 299 Å². The van der Waals surface area contributed by atoms with Crippen molar-refractivity contribution >= 4 is 39.8 Å². The van der Waals surface area contributed by atoms with Gasteiger partial charge in [-0.15, -0.1) is 0 Å². The number of imidazole rings is 2. The Morgan fingerprint density at radius 1 is 0.731 bits per heavy atom. The molecule has 4 heterocycles. The van der Waals surface area contributed by atoms with Crippen molar-refractivity contribution in [1.29, 1.82) is 0 Å². The molecule has 15 nitrogen and oxygen atoms in total. The van der Waals surface area contributed by atoms with E-state index in [0.29, 0.717) is 75.8 Å². The Kier molecular flexibility index (Phi) is 9.45. The van der Waals surface area contributed by atoms with Gasteiger partial charge < -0.3 is 29.1 Å². The Balaban J connectivity index is 1.49. The summed E-state index contributed by atoms with van der Waals surface area (Å²) < 4.78 is 10.6. The zero-order valence-electron chi connectivity index (χ0n) is 30.7. The molecule has 0 aliphatic heterocycles. The highest BCUT2D eigenvalue weighted by Gasteiger charge is 2.20. The maximum atomic E-state index is 13.6. The van der Waals surface area contributed by atoms with Crippen LogP contribution in [0.25, 0.3) is 22.1 Å². The summed E-state index contributed by atoms with van der Waals surface area (Å²) in [5.74, 6) is -1.41. The molecule has 0 aliphatic rings. The van der Waals surface area contributed by atoms with E-state index in [9.17, 15) is 19.5 Å². The molecule has 15 heteroatoms. The smallest absolute Gasteiger partial charge is 0.298 e. The molecule has 0 saturated heterocycles. The molecular weight excluding hydrogens is 662 g/mol. The van der Waals surface area contributed by atoms with Crippen LogP contribution in [0.2, 0.25) is 0 Å². The topological polar surface area (TPSA) is 178 Å². The van der Waals surface area contributed by atoms with Gasteiger partial charge in [0.05, 0.1) is 27.9 Å². The summed E-state index contributed by atoms with van der Waals surface area (Å²) in [6.07, 6.45) is 0. The molecule has 0 radical (unpaired) electrons. The maximum Gasteiger partial charge on any atom is 0.298 e. The first-order valence-corrected chi connectivity index (χ1v) is 17.0. The van der Waals surface area contributed by atoms with Gasteiger partial charge in [0.15, 0.2) is 0 Å². The molecular formula is C37H43N11O4. The van der Waals surface area contributed by atoms with Crippen LogP contribution in [-0.2, 0) is 40.3 Å². The lowest BCUT2D eigenvalue weighted by atomic mass is 10.1. The van der Waals surface area contributed by atoms with Gasteiger partial charge in [-0.1, -0.05) is 17.2 Å². The van der Waals surface area contributed by atoms with Gasteiger partial charge in [-0.25, -0.2) is 0 Å². The number of primary amides is 1. The van der Waals surface area contributed by atoms with Gasteiger partial charge in [-0.05, 0) is 84.0 Å². The van der Waals surface area contributed by atoms with E-state index in [1.165, 1.54) is 0 Å². The quantitative estimate of drug-likeness (QED) is 0.217. The summed E-state index contributed by atoms with van der Waals surface area (Å²) in [5.41, 5.74) is 13.4. The number of aryl methyl sites for hydroxylation is 6. The number of benzene rings is 2. The average Bonchev–Trinajstić information content (AvgIpc) is 3.83. The van der Waals surface area contributed by atoms with Crippen LogP contribution < -0.4 is 17.0 Å². The van der Waals surface area contributed by atoms with Crippen LogP contribution in [0.3, 0.4) is 0 Å². The van der Waals surface area contributed by atoms with Gasteiger partial charge in [-0.2, -0.15) is 20.2 Å². The van der Waals surface area contributed by atoms with Crippen LogP contribution in [-0.4, -0.2) is 60.7 Å². The molecule has 4 aromatic heterocycles. The number of hydrogen-bond acceptors (Lipinski definition) is 6. The van der Waals surface area contributed by atoms with E-state index >= 15 is 0 Å². The number of carbonyl (C=O) groups is 3. The third-order valence-electron chi connectivity index (χ3n) is 9.38. The third-order valence-corrected chi connectivity index (χ3v) is 9.38. The molecule has 6 aromatic rings. The van der Waals surface area contributed by atoms with Crippen molar-refractivity contribution in [2.45, 2.75) is 67.7 Å². The summed E-state index contributed by atoms with van der Waals surface area (Å²) in [7, 11) is 3.59. The average molecular weight is 706 g/mol. The third kappa shape index (κ3) is 6.29. The highest BCUT2D eigenvalue weighted by molar-refractivity contribution is 5.97. The number of rotatable bonds is 9. The molecule has 0 atom stereocenters. The number of nitrogens with two attached hydrogens (primary N) is 1. The minimum absolute atomic E-state index is 0.0525. The van der Waals surface area contributed by atoms with Crippen molar-refractivity contribution in [3.8, 4) is 5.75 Å². The van der Waals surface area contributed by atoms with Gasteiger partial charge in [0.2, 0.25) is 17.1 Å². The molecule has 0 unspecified atom stereocenters. The lowest BCUT2D eigenvalue weighted by molar-refractivity contribution is 0.0977. The zero-order valence-corrected chi connectivity index (χ0v) is 30.7. The number of phenols is 1. The van der Waals surface area contributed by atoms with Crippen LogP contribution in [0.15, 0.2) is 69.7 Å². The fourth-order valence-corrected chi connectivity index (χ4v) is 6.56. The van der Waals surface area contributed by atoms with E-state index in [-0.39, 0.29) is 12.3 Å². The monoisotopic (exact) mass is 705 g/mol. The second-order valence-corrected chi connectivity index (χ2v) is 13.0. The zero-order chi connectivity index (χ0) is 37.6. The number of nitrogens with zero attached hydrogens (tertiary/aromatic N) is 10. The highest BCUT2D eigenvalue weighted by atomic mass is 16.3. The number of carbonyl (C=O) groups excluding carboxylic acids is 3. The van der Waals surface area contributed by atoms with Crippen LogP contribution in [0.1, 0.15) is 70.4 Å². The number of aromatic hydroxyl groups is 1. The Hall–Kier alpha value is -6.25. The minimum atomic E-state index is -0.567. The van der Waals surface area contributed by atoms with Crippen LogP contribution in [0, 0.1) is 13.8 Å². The summed E-state index contributed by atoms with van der Waals surface area (Å²) in [6.45, 7) is 13.1. The first kappa shape index (κ1) is 35.6. The van der Waals surface area contributed by atoms with Crippen molar-refractivity contribution in [2.75, 3.05) is 0 Å². The number of aromatic nitrogens is 8. The fraction of sp³-hybridized carbons (Fsp3) is 0.324. The molecule has 0 bridgehead atoms. The number of amides is 3. The predicted octanol–water partition coefficient (Wildman–Crippen LogP) is 3.65. The first-order valence-electron chi connectivity index (χ1n) is 17.0. The predicted molar refractivity (Wildman–Crippen MR) is 195 cm³/mol. The maximum absolute atomic E-state index is 13.6. The highest BCUT2D eigenvalue weighted by Crippen LogP contribution is 2.25. The summed E-state index contributed by atoms with van der Waals surface area (Å²) in [5, 5.41) is 19.9. The normalized spacial score (nSPS) is 13.1. The summed E-state index contributed by atoms with van der Waals surface area (Å²) >= 11 is 0. The van der Waals surface area contributed by atoms with Crippen LogP contribution in [0.4, 0.5) is 0 Å². The lowest BCUT2D eigenvalue weighted by Crippen LogP contribution is -2.28. The number of hydrogen-bond donors (Lipinski definition) is 2. The van der Waals surface area contributed by atoms with Crippen molar-refractivity contribution < 1.29 is 19.5 Å². The SMILES string of the molecule is CCn1nc(C)cc1C(=O)/N=c1\n(C)c2cc(C(N)=O)ccc2n1C/C(C)=C(\C)Cn1/c(=N/C(=O)c2cc(C)nn2CC)n(C)c2cccc(O)c21. The number of para-hydroxylation sites is 1. The van der Waals surface area contributed by atoms with E-state index < -0.39 is 17.7 Å². The number of allylic oxidation sites excluding steroid dienone is 2. The van der Waals surface area contributed by atoms with Crippen molar-refractivity contribution in [2.24, 2.45) is 29.8 Å². The molecule has 6 rings (SSSR count). The Morgan fingerprint density at radius 3 is 1.79 bits per heavy atom. The van der Waals surface area contributed by atoms with Gasteiger partial charge in [0, 0.05) is 45.8 Å². The largest absolute Gasteiger partial charge is 0.506 e. The van der Waals surface area contributed by atoms with Crippen molar-refractivity contribution in [3.05, 3.63) is 99.3 Å².